The Bertz CT molecular complexity index is 1180. The van der Waals surface area contributed by atoms with Crippen LogP contribution < -0.4 is 15.4 Å². The number of para-hydroxylation sites is 1. The smallest absolute Gasteiger partial charge is 0.262 e. The summed E-state index contributed by atoms with van der Waals surface area (Å²) in [6.45, 7) is -0.143. The number of ether oxygens (including phenoxy) is 1. The van der Waals surface area contributed by atoms with Crippen LogP contribution in [-0.4, -0.2) is 28.6 Å². The summed E-state index contributed by atoms with van der Waals surface area (Å²) in [5.74, 6) is 0.931. The van der Waals surface area contributed by atoms with Crippen LogP contribution in [0.5, 0.6) is 5.75 Å². The molecule has 9 heteroatoms. The van der Waals surface area contributed by atoms with Crippen LogP contribution >= 0.6 is 11.3 Å². The molecule has 2 N–H and O–H groups in total. The molecule has 4 rings (SSSR count). The third-order valence-corrected chi connectivity index (χ3v) is 5.04. The van der Waals surface area contributed by atoms with E-state index in [1.165, 1.54) is 0 Å². The van der Waals surface area contributed by atoms with Crippen molar-refractivity contribution in [2.24, 2.45) is 0 Å². The third kappa shape index (κ3) is 6.02. The minimum atomic E-state index is -0.271. The predicted molar refractivity (Wildman–Crippen MR) is 122 cm³/mol. The molecule has 2 amide bonds. The molecule has 0 saturated carbocycles. The Kier molecular flexibility index (Phi) is 6.88. The molecule has 0 spiro atoms. The maximum atomic E-state index is 12.3. The number of aryl methyl sites for hydroxylation is 1. The molecule has 2 aromatic heterocycles. The molecule has 0 aliphatic carbocycles. The third-order valence-electron chi connectivity index (χ3n) is 4.36. The van der Waals surface area contributed by atoms with Crippen LogP contribution in [0.3, 0.4) is 0 Å². The van der Waals surface area contributed by atoms with Crippen molar-refractivity contribution in [2.75, 3.05) is 17.2 Å². The average Bonchev–Trinajstić information content (AvgIpc) is 3.49. The lowest BCUT2D eigenvalue weighted by molar-refractivity contribution is -0.118. The molecule has 2 heterocycles. The van der Waals surface area contributed by atoms with Gasteiger partial charge in [0.25, 0.3) is 5.91 Å². The average molecular weight is 449 g/mol. The number of nitrogens with zero attached hydrogens (tertiary/aromatic N) is 2. The van der Waals surface area contributed by atoms with E-state index < -0.39 is 0 Å². The van der Waals surface area contributed by atoms with E-state index in [0.717, 1.165) is 5.56 Å². The SMILES string of the molecule is O=C(CCc1nc(-c2ccsc2)no1)Nc1cccc(OCC(=O)Nc2ccccc2)c1. The quantitative estimate of drug-likeness (QED) is 0.393. The van der Waals surface area contributed by atoms with Gasteiger partial charge in [0.05, 0.1) is 0 Å². The number of hydrogen-bond acceptors (Lipinski definition) is 7. The first-order valence-electron chi connectivity index (χ1n) is 9.88. The maximum Gasteiger partial charge on any atom is 0.262 e. The number of hydrogen-bond donors (Lipinski definition) is 2. The van der Waals surface area contributed by atoms with E-state index in [2.05, 4.69) is 20.8 Å². The predicted octanol–water partition coefficient (Wildman–Crippen LogP) is 4.39. The molecule has 0 atom stereocenters. The first-order valence-corrected chi connectivity index (χ1v) is 10.8. The van der Waals surface area contributed by atoms with Crippen molar-refractivity contribution in [3.63, 3.8) is 0 Å². The van der Waals surface area contributed by atoms with E-state index >= 15 is 0 Å². The Morgan fingerprint density at radius 2 is 1.78 bits per heavy atom. The van der Waals surface area contributed by atoms with Crippen molar-refractivity contribution in [3.8, 4) is 17.1 Å². The lowest BCUT2D eigenvalue weighted by atomic mass is 10.2. The second kappa shape index (κ2) is 10.4. The normalized spacial score (nSPS) is 10.5. The number of rotatable bonds is 9. The Morgan fingerprint density at radius 3 is 2.59 bits per heavy atom. The molecule has 2 aromatic carbocycles. The van der Waals surface area contributed by atoms with Gasteiger partial charge >= 0.3 is 0 Å². The van der Waals surface area contributed by atoms with Gasteiger partial charge in [-0.1, -0.05) is 29.4 Å². The molecule has 4 aromatic rings. The van der Waals surface area contributed by atoms with Gasteiger partial charge in [-0.05, 0) is 35.7 Å². The standard InChI is InChI=1S/C23H20N4O4S/c28-20(9-10-22-26-23(27-31-22)16-11-12-32-15-16)25-18-7-4-8-19(13-18)30-14-21(29)24-17-5-2-1-3-6-17/h1-8,11-13,15H,9-10,14H2,(H,24,29)(H,25,28). The lowest BCUT2D eigenvalue weighted by Crippen LogP contribution is -2.20. The van der Waals surface area contributed by atoms with Crippen molar-refractivity contribution >= 4 is 34.5 Å². The topological polar surface area (TPSA) is 106 Å². The molecule has 0 saturated heterocycles. The monoisotopic (exact) mass is 448 g/mol. The van der Waals surface area contributed by atoms with Crippen molar-refractivity contribution < 1.29 is 18.8 Å². The molecular weight excluding hydrogens is 428 g/mol. The number of benzene rings is 2. The summed E-state index contributed by atoms with van der Waals surface area (Å²) in [5.41, 5.74) is 2.16. The zero-order valence-electron chi connectivity index (χ0n) is 17.0. The number of thiophene rings is 1. The van der Waals surface area contributed by atoms with Gasteiger partial charge in [0.1, 0.15) is 5.75 Å². The Hall–Kier alpha value is -3.98. The second-order valence-electron chi connectivity index (χ2n) is 6.80. The van der Waals surface area contributed by atoms with Gasteiger partial charge in [-0.25, -0.2) is 0 Å². The Labute approximate surface area is 188 Å². The summed E-state index contributed by atoms with van der Waals surface area (Å²) in [4.78, 5) is 28.6. The van der Waals surface area contributed by atoms with Crippen molar-refractivity contribution in [3.05, 3.63) is 77.3 Å². The van der Waals surface area contributed by atoms with Crippen LogP contribution in [0.15, 0.2) is 75.9 Å². The number of nitrogens with one attached hydrogen (secondary N) is 2. The highest BCUT2D eigenvalue weighted by Crippen LogP contribution is 2.20. The number of aromatic nitrogens is 2. The number of anilines is 2. The fourth-order valence-corrected chi connectivity index (χ4v) is 3.47. The molecule has 0 radical (unpaired) electrons. The number of carbonyl (C=O) groups excluding carboxylic acids is 2. The summed E-state index contributed by atoms with van der Waals surface area (Å²) < 4.78 is 10.7. The highest BCUT2D eigenvalue weighted by Gasteiger charge is 2.11. The Balaban J connectivity index is 1.24. The molecular formula is C23H20N4O4S. The van der Waals surface area contributed by atoms with E-state index in [0.29, 0.717) is 35.3 Å². The molecule has 162 valence electrons. The summed E-state index contributed by atoms with van der Waals surface area (Å²) in [5, 5.41) is 13.4. The highest BCUT2D eigenvalue weighted by atomic mass is 32.1. The number of amides is 2. The van der Waals surface area contributed by atoms with Gasteiger partial charge in [0.15, 0.2) is 6.61 Å². The van der Waals surface area contributed by atoms with Gasteiger partial charge in [0, 0.05) is 41.2 Å². The first kappa shape index (κ1) is 21.3. The molecule has 0 bridgehead atoms. The van der Waals surface area contributed by atoms with Crippen molar-refractivity contribution in [1.29, 1.82) is 0 Å². The minimum Gasteiger partial charge on any atom is -0.484 e. The van der Waals surface area contributed by atoms with Crippen molar-refractivity contribution in [1.82, 2.24) is 10.1 Å². The summed E-state index contributed by atoms with van der Waals surface area (Å²) in [7, 11) is 0. The molecule has 0 aliphatic rings. The van der Waals surface area contributed by atoms with E-state index in [4.69, 9.17) is 9.26 Å². The van der Waals surface area contributed by atoms with E-state index in [1.54, 1.807) is 47.7 Å². The van der Waals surface area contributed by atoms with Crippen LogP contribution in [0, 0.1) is 0 Å². The molecule has 0 aliphatic heterocycles. The first-order chi connectivity index (χ1) is 15.7. The fraction of sp³-hybridized carbons (Fsp3) is 0.130. The van der Waals surface area contributed by atoms with Crippen LogP contribution in [-0.2, 0) is 16.0 Å². The maximum absolute atomic E-state index is 12.3. The summed E-state index contributed by atoms with van der Waals surface area (Å²) in [6, 6.07) is 17.9. The van der Waals surface area contributed by atoms with Gasteiger partial charge < -0.3 is 19.9 Å². The van der Waals surface area contributed by atoms with Gasteiger partial charge in [-0.15, -0.1) is 0 Å². The van der Waals surface area contributed by atoms with Crippen LogP contribution in [0.4, 0.5) is 11.4 Å². The van der Waals surface area contributed by atoms with Crippen LogP contribution in [0.25, 0.3) is 11.4 Å². The molecule has 0 unspecified atom stereocenters. The zero-order valence-corrected chi connectivity index (χ0v) is 17.8. The van der Waals surface area contributed by atoms with Crippen LogP contribution in [0.2, 0.25) is 0 Å². The second-order valence-corrected chi connectivity index (χ2v) is 7.58. The molecule has 0 fully saturated rings. The van der Waals surface area contributed by atoms with E-state index in [1.807, 2.05) is 35.0 Å². The molecule has 8 nitrogen and oxygen atoms in total. The lowest BCUT2D eigenvalue weighted by Gasteiger charge is -2.09. The van der Waals surface area contributed by atoms with Gasteiger partial charge in [0.2, 0.25) is 17.6 Å². The van der Waals surface area contributed by atoms with Gasteiger partial charge in [-0.2, -0.15) is 16.3 Å². The summed E-state index contributed by atoms with van der Waals surface area (Å²) in [6.07, 6.45) is 0.522. The summed E-state index contributed by atoms with van der Waals surface area (Å²) >= 11 is 1.55. The van der Waals surface area contributed by atoms with E-state index in [-0.39, 0.29) is 24.8 Å². The van der Waals surface area contributed by atoms with Gasteiger partial charge in [-0.3, -0.25) is 9.59 Å². The largest absolute Gasteiger partial charge is 0.484 e. The zero-order chi connectivity index (χ0) is 22.2. The molecule has 32 heavy (non-hydrogen) atoms. The van der Waals surface area contributed by atoms with Crippen LogP contribution in [0.1, 0.15) is 12.3 Å². The number of carbonyl (C=O) groups is 2. The van der Waals surface area contributed by atoms with Crippen molar-refractivity contribution in [2.45, 2.75) is 12.8 Å². The fourth-order valence-electron chi connectivity index (χ4n) is 2.84. The Morgan fingerprint density at radius 1 is 0.969 bits per heavy atom. The minimum absolute atomic E-state index is 0.143. The van der Waals surface area contributed by atoms with E-state index in [9.17, 15) is 9.59 Å². The highest BCUT2D eigenvalue weighted by molar-refractivity contribution is 7.08.